The van der Waals surface area contributed by atoms with Gasteiger partial charge >= 0.3 is 5.97 Å². The summed E-state index contributed by atoms with van der Waals surface area (Å²) < 4.78 is 0. The summed E-state index contributed by atoms with van der Waals surface area (Å²) in [6.07, 6.45) is 6.71. The zero-order chi connectivity index (χ0) is 14.5. The molecule has 6 heteroatoms. The normalized spacial score (nSPS) is 16.4. The first-order valence-corrected chi connectivity index (χ1v) is 6.86. The van der Waals surface area contributed by atoms with Crippen molar-refractivity contribution in [1.82, 2.24) is 0 Å². The van der Waals surface area contributed by atoms with E-state index in [1.54, 1.807) is 0 Å². The Morgan fingerprint density at radius 2 is 1.90 bits per heavy atom. The molecule has 0 aliphatic heterocycles. The van der Waals surface area contributed by atoms with Crippen molar-refractivity contribution in [1.29, 1.82) is 0 Å². The standard InChI is InChI=1S/C14H18N2O4/c17-14(18)12-9-11(16(19)20)7-8-13(12)15-10-5-3-1-2-4-6-10/h7-10,15H,1-6H2,(H,17,18). The Bertz CT molecular complexity index is 508. The Balaban J connectivity index is 2.21. The summed E-state index contributed by atoms with van der Waals surface area (Å²) in [5.74, 6) is -1.15. The number of nitro benzene ring substituents is 1. The highest BCUT2D eigenvalue weighted by molar-refractivity contribution is 5.95. The second-order valence-corrected chi connectivity index (χ2v) is 5.12. The number of anilines is 1. The zero-order valence-corrected chi connectivity index (χ0v) is 11.2. The van der Waals surface area contributed by atoms with E-state index in [1.165, 1.54) is 25.0 Å². The number of nitrogens with one attached hydrogen (secondary N) is 1. The molecule has 0 aromatic heterocycles. The fraction of sp³-hybridized carbons (Fsp3) is 0.500. The van der Waals surface area contributed by atoms with Crippen LogP contribution >= 0.6 is 0 Å². The fourth-order valence-electron chi connectivity index (χ4n) is 2.59. The molecule has 0 bridgehead atoms. The van der Waals surface area contributed by atoms with Gasteiger partial charge in [-0.1, -0.05) is 25.7 Å². The van der Waals surface area contributed by atoms with Gasteiger partial charge in [-0.05, 0) is 18.9 Å². The lowest BCUT2D eigenvalue weighted by atomic mass is 10.1. The number of benzene rings is 1. The Kier molecular flexibility index (Phi) is 4.55. The van der Waals surface area contributed by atoms with Crippen LogP contribution in [0.4, 0.5) is 11.4 Å². The maximum absolute atomic E-state index is 11.2. The molecule has 0 radical (unpaired) electrons. The van der Waals surface area contributed by atoms with Gasteiger partial charge in [0.2, 0.25) is 0 Å². The van der Waals surface area contributed by atoms with Crippen LogP contribution in [0.15, 0.2) is 18.2 Å². The number of carboxylic acids is 1. The van der Waals surface area contributed by atoms with Crippen molar-refractivity contribution >= 4 is 17.3 Å². The minimum Gasteiger partial charge on any atom is -0.478 e. The van der Waals surface area contributed by atoms with E-state index in [0.29, 0.717) is 5.69 Å². The third-order valence-electron chi connectivity index (χ3n) is 3.66. The van der Waals surface area contributed by atoms with Crippen molar-refractivity contribution in [3.63, 3.8) is 0 Å². The number of hydrogen-bond donors (Lipinski definition) is 2. The predicted octanol–water partition coefficient (Wildman–Crippen LogP) is 3.43. The molecule has 2 rings (SSSR count). The van der Waals surface area contributed by atoms with E-state index in [-0.39, 0.29) is 17.3 Å². The number of non-ortho nitro benzene ring substituents is 1. The van der Waals surface area contributed by atoms with E-state index in [2.05, 4.69) is 5.32 Å². The van der Waals surface area contributed by atoms with E-state index in [0.717, 1.165) is 31.7 Å². The van der Waals surface area contributed by atoms with Crippen molar-refractivity contribution in [2.75, 3.05) is 5.32 Å². The van der Waals surface area contributed by atoms with Gasteiger partial charge < -0.3 is 10.4 Å². The number of nitrogens with zero attached hydrogens (tertiary/aromatic N) is 1. The van der Waals surface area contributed by atoms with Crippen molar-refractivity contribution in [2.24, 2.45) is 0 Å². The van der Waals surface area contributed by atoms with Crippen LogP contribution in [0.1, 0.15) is 48.9 Å². The van der Waals surface area contributed by atoms with Gasteiger partial charge in [-0.2, -0.15) is 0 Å². The van der Waals surface area contributed by atoms with Crippen LogP contribution in [-0.4, -0.2) is 22.0 Å². The van der Waals surface area contributed by atoms with Crippen molar-refractivity contribution in [3.8, 4) is 0 Å². The molecule has 0 atom stereocenters. The molecule has 0 spiro atoms. The molecule has 0 amide bonds. The van der Waals surface area contributed by atoms with Crippen LogP contribution in [-0.2, 0) is 0 Å². The van der Waals surface area contributed by atoms with Crippen LogP contribution < -0.4 is 5.32 Å². The molecule has 1 aliphatic rings. The molecule has 1 saturated carbocycles. The maximum atomic E-state index is 11.2. The minimum absolute atomic E-state index is 0.0385. The summed E-state index contributed by atoms with van der Waals surface area (Å²) in [6.45, 7) is 0. The summed E-state index contributed by atoms with van der Waals surface area (Å²) in [7, 11) is 0. The molecule has 20 heavy (non-hydrogen) atoms. The Morgan fingerprint density at radius 3 is 2.45 bits per heavy atom. The average molecular weight is 278 g/mol. The lowest BCUT2D eigenvalue weighted by molar-refractivity contribution is -0.384. The van der Waals surface area contributed by atoms with Gasteiger partial charge in [-0.15, -0.1) is 0 Å². The molecular weight excluding hydrogens is 260 g/mol. The van der Waals surface area contributed by atoms with E-state index in [1.807, 2.05) is 0 Å². The van der Waals surface area contributed by atoms with Crippen LogP contribution in [0.2, 0.25) is 0 Å². The molecule has 1 aromatic carbocycles. The Hall–Kier alpha value is -2.11. The third-order valence-corrected chi connectivity index (χ3v) is 3.66. The van der Waals surface area contributed by atoms with Crippen LogP contribution in [0.3, 0.4) is 0 Å². The molecule has 1 aromatic rings. The monoisotopic (exact) mass is 278 g/mol. The summed E-state index contributed by atoms with van der Waals surface area (Å²) in [5.41, 5.74) is 0.229. The third kappa shape index (κ3) is 3.46. The molecule has 1 aliphatic carbocycles. The van der Waals surface area contributed by atoms with Crippen LogP contribution in [0.5, 0.6) is 0 Å². The first-order valence-electron chi connectivity index (χ1n) is 6.86. The molecular formula is C14H18N2O4. The SMILES string of the molecule is O=C(O)c1cc([N+](=O)[O-])ccc1NC1CCCCCC1. The number of nitro groups is 1. The first-order chi connectivity index (χ1) is 9.58. The van der Waals surface area contributed by atoms with Gasteiger partial charge in [0, 0.05) is 23.9 Å². The van der Waals surface area contributed by atoms with Crippen LogP contribution in [0.25, 0.3) is 0 Å². The molecule has 108 valence electrons. The lowest BCUT2D eigenvalue weighted by Crippen LogP contribution is -2.20. The second kappa shape index (κ2) is 6.36. The van der Waals surface area contributed by atoms with Gasteiger partial charge in [0.1, 0.15) is 0 Å². The predicted molar refractivity (Wildman–Crippen MR) is 75.2 cm³/mol. The first kappa shape index (κ1) is 14.3. The highest BCUT2D eigenvalue weighted by Crippen LogP contribution is 2.26. The smallest absolute Gasteiger partial charge is 0.338 e. The Morgan fingerprint density at radius 1 is 1.25 bits per heavy atom. The molecule has 1 fully saturated rings. The van der Waals surface area contributed by atoms with E-state index >= 15 is 0 Å². The number of aromatic carboxylic acids is 1. The molecule has 6 nitrogen and oxygen atoms in total. The lowest BCUT2D eigenvalue weighted by Gasteiger charge is -2.19. The van der Waals surface area contributed by atoms with Crippen LogP contribution in [0, 0.1) is 10.1 Å². The largest absolute Gasteiger partial charge is 0.478 e. The zero-order valence-electron chi connectivity index (χ0n) is 11.2. The van der Waals surface area contributed by atoms with Gasteiger partial charge in [0.25, 0.3) is 5.69 Å². The minimum atomic E-state index is -1.15. The van der Waals surface area contributed by atoms with E-state index in [4.69, 9.17) is 0 Å². The number of carboxylic acid groups (broad SMARTS) is 1. The summed E-state index contributed by atoms with van der Waals surface area (Å²) >= 11 is 0. The van der Waals surface area contributed by atoms with Crippen molar-refractivity contribution < 1.29 is 14.8 Å². The second-order valence-electron chi connectivity index (χ2n) is 5.12. The molecule has 2 N–H and O–H groups in total. The summed E-state index contributed by atoms with van der Waals surface area (Å²) in [6, 6.07) is 4.19. The van der Waals surface area contributed by atoms with Gasteiger partial charge in [0.05, 0.1) is 10.5 Å². The Labute approximate surface area is 117 Å². The van der Waals surface area contributed by atoms with Gasteiger partial charge in [-0.3, -0.25) is 10.1 Å². The quantitative estimate of drug-likeness (QED) is 0.500. The highest BCUT2D eigenvalue weighted by Gasteiger charge is 2.19. The van der Waals surface area contributed by atoms with E-state index in [9.17, 15) is 20.0 Å². The number of carbonyl (C=O) groups is 1. The number of rotatable bonds is 4. The average Bonchev–Trinajstić information content (AvgIpc) is 2.67. The molecule has 0 saturated heterocycles. The van der Waals surface area contributed by atoms with Gasteiger partial charge in [-0.25, -0.2) is 4.79 Å². The number of hydrogen-bond acceptors (Lipinski definition) is 4. The van der Waals surface area contributed by atoms with Crippen molar-refractivity contribution in [2.45, 2.75) is 44.6 Å². The van der Waals surface area contributed by atoms with E-state index < -0.39 is 10.9 Å². The summed E-state index contributed by atoms with van der Waals surface area (Å²) in [5, 5.41) is 23.1. The van der Waals surface area contributed by atoms with Crippen molar-refractivity contribution in [3.05, 3.63) is 33.9 Å². The molecule has 0 unspecified atom stereocenters. The highest BCUT2D eigenvalue weighted by atomic mass is 16.6. The van der Waals surface area contributed by atoms with Gasteiger partial charge in [0.15, 0.2) is 0 Å². The molecule has 0 heterocycles. The summed E-state index contributed by atoms with van der Waals surface area (Å²) in [4.78, 5) is 21.4. The topological polar surface area (TPSA) is 92.5 Å². The maximum Gasteiger partial charge on any atom is 0.338 e. The fourth-order valence-corrected chi connectivity index (χ4v) is 2.59.